The number of aliphatic carboxylic acids is 1. The Hall–Kier alpha value is -2.97. The number of amides is 3. The van der Waals surface area contributed by atoms with Crippen LogP contribution in [0, 0.1) is 11.6 Å². The minimum atomic E-state index is -1.45. The molecule has 1 aliphatic rings. The van der Waals surface area contributed by atoms with Gasteiger partial charge in [0.15, 0.2) is 11.6 Å². The number of ether oxygens (including phenoxy) is 1. The second-order valence-corrected chi connectivity index (χ2v) is 4.90. The molecule has 3 amide bonds. The highest BCUT2D eigenvalue weighted by atomic mass is 19.2. The number of imide groups is 1. The molecule has 0 saturated heterocycles. The fourth-order valence-electron chi connectivity index (χ4n) is 2.48. The molecule has 0 saturated carbocycles. The maximum atomic E-state index is 13.6. The molecule has 128 valence electrons. The summed E-state index contributed by atoms with van der Waals surface area (Å²) in [6, 6.07) is 0.267. The number of hydrogen-bond donors (Lipinski definition) is 2. The zero-order valence-corrected chi connectivity index (χ0v) is 12.8. The smallest absolute Gasteiger partial charge is 0.418 e. The summed E-state index contributed by atoms with van der Waals surface area (Å²) in [6.07, 6.45) is -0.973. The summed E-state index contributed by atoms with van der Waals surface area (Å²) < 4.78 is 31.3. The summed E-state index contributed by atoms with van der Waals surface area (Å²) in [5.74, 6) is -3.78. The summed E-state index contributed by atoms with van der Waals surface area (Å²) in [5.41, 5.74) is -0.326. The normalized spacial score (nSPS) is 17.6. The molecule has 1 atom stereocenters. The Balaban J connectivity index is 2.72. The lowest BCUT2D eigenvalue weighted by molar-refractivity contribution is -0.133. The average Bonchev–Trinajstić information content (AvgIpc) is 2.55. The number of carbonyl (C=O) groups is 3. The minimum absolute atomic E-state index is 0.0717. The summed E-state index contributed by atoms with van der Waals surface area (Å²) in [4.78, 5) is 36.3. The summed E-state index contributed by atoms with van der Waals surface area (Å²) in [5, 5.41) is 11.8. The van der Waals surface area contributed by atoms with Crippen LogP contribution in [0.2, 0.25) is 0 Å². The van der Waals surface area contributed by atoms with E-state index in [0.29, 0.717) is 4.90 Å². The number of urea groups is 1. The topological polar surface area (TPSA) is 95.9 Å². The zero-order chi connectivity index (χ0) is 18.0. The van der Waals surface area contributed by atoms with Crippen LogP contribution in [0.25, 0.3) is 0 Å². The number of benzene rings is 1. The molecule has 0 aromatic heterocycles. The van der Waals surface area contributed by atoms with Crippen LogP contribution in [0.5, 0.6) is 0 Å². The van der Waals surface area contributed by atoms with Gasteiger partial charge in [0.2, 0.25) is 0 Å². The summed E-state index contributed by atoms with van der Waals surface area (Å²) >= 11 is 0. The Morgan fingerprint density at radius 2 is 2.00 bits per heavy atom. The first-order valence-electron chi connectivity index (χ1n) is 6.91. The van der Waals surface area contributed by atoms with Crippen molar-refractivity contribution in [1.82, 2.24) is 10.2 Å². The van der Waals surface area contributed by atoms with Gasteiger partial charge in [0.05, 0.1) is 12.7 Å². The fourth-order valence-corrected chi connectivity index (χ4v) is 2.48. The molecule has 1 aromatic rings. The number of carboxylic acid groups (broad SMARTS) is 1. The van der Waals surface area contributed by atoms with Crippen molar-refractivity contribution in [3.05, 3.63) is 46.7 Å². The van der Waals surface area contributed by atoms with E-state index in [1.165, 1.54) is 0 Å². The van der Waals surface area contributed by atoms with Gasteiger partial charge in [-0.05, 0) is 24.1 Å². The third kappa shape index (κ3) is 2.92. The van der Waals surface area contributed by atoms with Crippen molar-refractivity contribution >= 4 is 18.1 Å². The number of rotatable bonds is 3. The number of nitrogens with zero attached hydrogens (tertiary/aromatic N) is 1. The molecule has 2 rings (SSSR count). The lowest BCUT2D eigenvalue weighted by atomic mass is 9.93. The van der Waals surface area contributed by atoms with Gasteiger partial charge in [-0.1, -0.05) is 13.0 Å². The number of carboxylic acids is 1. The molecule has 0 radical (unpaired) electrons. The number of hydrogen-bond acceptors (Lipinski definition) is 4. The van der Waals surface area contributed by atoms with E-state index in [-0.39, 0.29) is 23.3 Å². The molecule has 1 heterocycles. The van der Waals surface area contributed by atoms with Crippen molar-refractivity contribution in [3.8, 4) is 0 Å². The maximum Gasteiger partial charge on any atom is 0.418 e. The van der Waals surface area contributed by atoms with E-state index in [0.717, 1.165) is 25.3 Å². The predicted molar refractivity (Wildman–Crippen MR) is 76.8 cm³/mol. The van der Waals surface area contributed by atoms with Gasteiger partial charge in [0, 0.05) is 5.70 Å². The number of halogens is 2. The molecular weight excluding hydrogens is 326 g/mol. The van der Waals surface area contributed by atoms with Gasteiger partial charge < -0.3 is 15.2 Å². The Morgan fingerprint density at radius 3 is 2.50 bits per heavy atom. The second kappa shape index (κ2) is 6.65. The lowest BCUT2D eigenvalue weighted by Crippen LogP contribution is -2.51. The molecule has 0 fully saturated rings. The monoisotopic (exact) mass is 340 g/mol. The number of allylic oxidation sites excluding steroid dienone is 1. The van der Waals surface area contributed by atoms with Crippen molar-refractivity contribution in [2.45, 2.75) is 19.4 Å². The van der Waals surface area contributed by atoms with Gasteiger partial charge in [-0.2, -0.15) is 0 Å². The van der Waals surface area contributed by atoms with E-state index in [4.69, 9.17) is 0 Å². The van der Waals surface area contributed by atoms with Gasteiger partial charge in [-0.15, -0.1) is 0 Å². The van der Waals surface area contributed by atoms with E-state index >= 15 is 0 Å². The van der Waals surface area contributed by atoms with Crippen LogP contribution in [0.3, 0.4) is 0 Å². The van der Waals surface area contributed by atoms with Crippen molar-refractivity contribution in [3.63, 3.8) is 0 Å². The molecule has 9 heteroatoms. The molecule has 7 nitrogen and oxygen atoms in total. The average molecular weight is 340 g/mol. The van der Waals surface area contributed by atoms with Crippen molar-refractivity contribution in [1.29, 1.82) is 0 Å². The van der Waals surface area contributed by atoms with Crippen LogP contribution in [0.4, 0.5) is 18.4 Å². The summed E-state index contributed by atoms with van der Waals surface area (Å²) in [6.45, 7) is 1.61. The SMILES string of the molecule is CCC1=C(C(=O)O)C(c2ccc(F)c(F)c2)N(C(=O)OC)C(=O)N1. The zero-order valence-electron chi connectivity index (χ0n) is 12.8. The van der Waals surface area contributed by atoms with Crippen molar-refractivity contribution in [2.75, 3.05) is 7.11 Å². The predicted octanol–water partition coefficient (Wildman–Crippen LogP) is 2.55. The Bertz CT molecular complexity index is 747. The largest absolute Gasteiger partial charge is 0.478 e. The molecule has 2 N–H and O–H groups in total. The van der Waals surface area contributed by atoms with Gasteiger partial charge in [0.1, 0.15) is 6.04 Å². The van der Waals surface area contributed by atoms with Crippen LogP contribution in [0.15, 0.2) is 29.5 Å². The third-order valence-electron chi connectivity index (χ3n) is 3.55. The molecule has 1 aliphatic heterocycles. The lowest BCUT2D eigenvalue weighted by Gasteiger charge is -2.35. The van der Waals surface area contributed by atoms with Crippen LogP contribution < -0.4 is 5.32 Å². The van der Waals surface area contributed by atoms with Crippen LogP contribution >= 0.6 is 0 Å². The third-order valence-corrected chi connectivity index (χ3v) is 3.55. The molecule has 24 heavy (non-hydrogen) atoms. The molecular formula is C15H14F2N2O5. The quantitative estimate of drug-likeness (QED) is 0.881. The second-order valence-electron chi connectivity index (χ2n) is 4.90. The van der Waals surface area contributed by atoms with Gasteiger partial charge in [-0.3, -0.25) is 0 Å². The molecule has 1 unspecified atom stereocenters. The standard InChI is InChI=1S/C15H14F2N2O5/c1-3-10-11(13(20)21)12(7-4-5-8(16)9(17)6-7)19(14(22)18-10)15(23)24-2/h4-6,12H,3H2,1-2H3,(H,18,22)(H,20,21). The molecule has 1 aromatic carbocycles. The van der Waals surface area contributed by atoms with E-state index in [1.54, 1.807) is 6.92 Å². The van der Waals surface area contributed by atoms with E-state index in [9.17, 15) is 28.3 Å². The highest BCUT2D eigenvalue weighted by Gasteiger charge is 2.42. The van der Waals surface area contributed by atoms with Crippen molar-refractivity contribution < 1.29 is 33.0 Å². The van der Waals surface area contributed by atoms with Crippen LogP contribution in [-0.4, -0.2) is 35.2 Å². The first kappa shape index (κ1) is 17.4. The molecule has 0 spiro atoms. The highest BCUT2D eigenvalue weighted by Crippen LogP contribution is 2.35. The minimum Gasteiger partial charge on any atom is -0.478 e. The van der Waals surface area contributed by atoms with E-state index < -0.39 is 35.8 Å². The van der Waals surface area contributed by atoms with Gasteiger partial charge in [-0.25, -0.2) is 28.1 Å². The number of methoxy groups -OCH3 is 1. The van der Waals surface area contributed by atoms with E-state index in [1.807, 2.05) is 0 Å². The summed E-state index contributed by atoms with van der Waals surface area (Å²) in [7, 11) is 1.01. The Kier molecular flexibility index (Phi) is 4.82. The van der Waals surface area contributed by atoms with E-state index in [2.05, 4.69) is 10.1 Å². The highest BCUT2D eigenvalue weighted by molar-refractivity contribution is 5.99. The Morgan fingerprint density at radius 1 is 1.33 bits per heavy atom. The molecule has 0 bridgehead atoms. The number of nitrogens with one attached hydrogen (secondary N) is 1. The fraction of sp³-hybridized carbons (Fsp3) is 0.267. The molecule has 0 aliphatic carbocycles. The Labute approximate surface area is 135 Å². The van der Waals surface area contributed by atoms with Crippen molar-refractivity contribution in [2.24, 2.45) is 0 Å². The van der Waals surface area contributed by atoms with Gasteiger partial charge >= 0.3 is 18.1 Å². The van der Waals surface area contributed by atoms with Crippen LogP contribution in [0.1, 0.15) is 24.9 Å². The van der Waals surface area contributed by atoms with Gasteiger partial charge in [0.25, 0.3) is 0 Å². The van der Waals surface area contributed by atoms with Crippen LogP contribution in [-0.2, 0) is 9.53 Å². The maximum absolute atomic E-state index is 13.6. The first-order chi connectivity index (χ1) is 11.3. The number of carbonyl (C=O) groups excluding carboxylic acids is 2. The first-order valence-corrected chi connectivity index (χ1v) is 6.91.